The molecule has 1 aliphatic heterocycles. The number of hydrogen-bond acceptors (Lipinski definition) is 4. The lowest BCUT2D eigenvalue weighted by Crippen LogP contribution is -2.36. The van der Waals surface area contributed by atoms with E-state index >= 15 is 0 Å². The van der Waals surface area contributed by atoms with E-state index in [4.69, 9.17) is 4.98 Å². The third kappa shape index (κ3) is 3.99. The standard InChI is InChI=1S/C19H28N4O2/c1-12(2)23-11-14(10-18(23)24)19(25)20-9-8-17-21-13(3)15-6-4-5-7-16(15)22-17/h12,14H,4-11H2,1-3H3,(H,20,25)/t14-/m1/s1. The normalized spacial score (nSPS) is 20.1. The molecular weight excluding hydrogens is 316 g/mol. The molecule has 0 bridgehead atoms. The Morgan fingerprint density at radius 2 is 2.04 bits per heavy atom. The fourth-order valence-electron chi connectivity index (χ4n) is 3.80. The van der Waals surface area contributed by atoms with Crippen LogP contribution in [0.5, 0.6) is 0 Å². The average Bonchev–Trinajstić information content (AvgIpc) is 2.97. The SMILES string of the molecule is Cc1nc(CCNC(=O)[C@@H]2CC(=O)N(C(C)C)C2)nc2c1CCCC2. The minimum absolute atomic E-state index is 0.0359. The van der Waals surface area contributed by atoms with Crippen LogP contribution in [0.4, 0.5) is 0 Å². The van der Waals surface area contributed by atoms with Crippen molar-refractivity contribution in [3.63, 3.8) is 0 Å². The number of aryl methyl sites for hydroxylation is 2. The number of amides is 2. The van der Waals surface area contributed by atoms with Gasteiger partial charge in [0.2, 0.25) is 11.8 Å². The van der Waals surface area contributed by atoms with Crippen LogP contribution in [-0.4, -0.2) is 45.8 Å². The first-order valence-corrected chi connectivity index (χ1v) is 9.38. The van der Waals surface area contributed by atoms with Crippen LogP contribution in [0.3, 0.4) is 0 Å². The second kappa shape index (κ2) is 7.50. The summed E-state index contributed by atoms with van der Waals surface area (Å²) in [5, 5.41) is 2.95. The topological polar surface area (TPSA) is 75.2 Å². The molecule has 0 saturated carbocycles. The second-order valence-corrected chi connectivity index (χ2v) is 7.44. The molecule has 1 N–H and O–H groups in total. The van der Waals surface area contributed by atoms with Crippen molar-refractivity contribution in [1.29, 1.82) is 0 Å². The molecule has 1 aliphatic carbocycles. The summed E-state index contributed by atoms with van der Waals surface area (Å²) in [6, 6.07) is 0.150. The zero-order valence-corrected chi connectivity index (χ0v) is 15.5. The Balaban J connectivity index is 1.52. The van der Waals surface area contributed by atoms with E-state index in [0.717, 1.165) is 24.4 Å². The molecule has 1 atom stereocenters. The maximum Gasteiger partial charge on any atom is 0.225 e. The van der Waals surface area contributed by atoms with Crippen molar-refractivity contribution in [1.82, 2.24) is 20.2 Å². The van der Waals surface area contributed by atoms with Crippen LogP contribution in [0, 0.1) is 12.8 Å². The Labute approximate surface area is 149 Å². The molecule has 2 amide bonds. The first kappa shape index (κ1) is 17.8. The van der Waals surface area contributed by atoms with E-state index in [1.54, 1.807) is 4.90 Å². The Bertz CT molecular complexity index is 672. The highest BCUT2D eigenvalue weighted by Crippen LogP contribution is 2.22. The van der Waals surface area contributed by atoms with Crippen LogP contribution >= 0.6 is 0 Å². The van der Waals surface area contributed by atoms with E-state index in [9.17, 15) is 9.59 Å². The molecule has 2 aliphatic rings. The predicted octanol–water partition coefficient (Wildman–Crippen LogP) is 1.58. The van der Waals surface area contributed by atoms with Gasteiger partial charge in [-0.1, -0.05) is 0 Å². The highest BCUT2D eigenvalue weighted by Gasteiger charge is 2.35. The molecule has 136 valence electrons. The van der Waals surface area contributed by atoms with Gasteiger partial charge in [-0.25, -0.2) is 9.97 Å². The van der Waals surface area contributed by atoms with Gasteiger partial charge in [-0.2, -0.15) is 0 Å². The van der Waals surface area contributed by atoms with Gasteiger partial charge in [-0.15, -0.1) is 0 Å². The number of fused-ring (bicyclic) bond motifs is 1. The molecule has 0 radical (unpaired) electrons. The zero-order valence-electron chi connectivity index (χ0n) is 15.5. The quantitative estimate of drug-likeness (QED) is 0.880. The largest absolute Gasteiger partial charge is 0.355 e. The molecule has 1 fully saturated rings. The molecular formula is C19H28N4O2. The Kier molecular flexibility index (Phi) is 5.35. The van der Waals surface area contributed by atoms with Crippen molar-refractivity contribution in [3.05, 3.63) is 22.8 Å². The highest BCUT2D eigenvalue weighted by atomic mass is 16.2. The van der Waals surface area contributed by atoms with Gasteiger partial charge in [0.1, 0.15) is 5.82 Å². The summed E-state index contributed by atoms with van der Waals surface area (Å²) in [5.74, 6) is 0.612. The number of nitrogens with zero attached hydrogens (tertiary/aromatic N) is 3. The van der Waals surface area contributed by atoms with Crippen LogP contribution in [-0.2, 0) is 28.9 Å². The molecule has 1 aromatic rings. The smallest absolute Gasteiger partial charge is 0.225 e. The predicted molar refractivity (Wildman–Crippen MR) is 95.1 cm³/mol. The van der Waals surface area contributed by atoms with Crippen LogP contribution < -0.4 is 5.32 Å². The van der Waals surface area contributed by atoms with Gasteiger partial charge in [0, 0.05) is 43.4 Å². The monoisotopic (exact) mass is 344 g/mol. The number of nitrogens with one attached hydrogen (secondary N) is 1. The van der Waals surface area contributed by atoms with Crippen molar-refractivity contribution >= 4 is 11.8 Å². The molecule has 1 saturated heterocycles. The number of aromatic nitrogens is 2. The Morgan fingerprint density at radius 3 is 2.76 bits per heavy atom. The lowest BCUT2D eigenvalue weighted by Gasteiger charge is -2.20. The maximum absolute atomic E-state index is 12.3. The number of hydrogen-bond donors (Lipinski definition) is 1. The van der Waals surface area contributed by atoms with Crippen molar-refractivity contribution < 1.29 is 9.59 Å². The van der Waals surface area contributed by atoms with Crippen LogP contribution in [0.1, 0.15) is 55.9 Å². The summed E-state index contributed by atoms with van der Waals surface area (Å²) >= 11 is 0. The van der Waals surface area contributed by atoms with Gasteiger partial charge < -0.3 is 10.2 Å². The molecule has 0 spiro atoms. The molecule has 3 rings (SSSR count). The Morgan fingerprint density at radius 1 is 1.28 bits per heavy atom. The maximum atomic E-state index is 12.3. The van der Waals surface area contributed by atoms with Crippen molar-refractivity contribution in [3.8, 4) is 0 Å². The highest BCUT2D eigenvalue weighted by molar-refractivity contribution is 5.89. The van der Waals surface area contributed by atoms with Crippen molar-refractivity contribution in [2.45, 2.75) is 65.3 Å². The summed E-state index contributed by atoms with van der Waals surface area (Å²) in [4.78, 5) is 35.3. The van der Waals surface area contributed by atoms with Gasteiger partial charge in [0.25, 0.3) is 0 Å². The summed E-state index contributed by atoms with van der Waals surface area (Å²) in [6.45, 7) is 7.06. The molecule has 0 aromatic carbocycles. The van der Waals surface area contributed by atoms with Crippen LogP contribution in [0.2, 0.25) is 0 Å². The van der Waals surface area contributed by atoms with Crippen LogP contribution in [0.15, 0.2) is 0 Å². The summed E-state index contributed by atoms with van der Waals surface area (Å²) in [5.41, 5.74) is 3.59. The number of carbonyl (C=O) groups is 2. The summed E-state index contributed by atoms with van der Waals surface area (Å²) in [7, 11) is 0. The number of carbonyl (C=O) groups excluding carboxylic acids is 2. The van der Waals surface area contributed by atoms with Crippen molar-refractivity contribution in [2.24, 2.45) is 5.92 Å². The minimum atomic E-state index is -0.235. The molecule has 25 heavy (non-hydrogen) atoms. The second-order valence-electron chi connectivity index (χ2n) is 7.44. The fraction of sp³-hybridized carbons (Fsp3) is 0.684. The third-order valence-corrected chi connectivity index (χ3v) is 5.24. The molecule has 1 aromatic heterocycles. The molecule has 2 heterocycles. The number of rotatable bonds is 5. The van der Waals surface area contributed by atoms with E-state index in [1.807, 2.05) is 13.8 Å². The van der Waals surface area contributed by atoms with E-state index in [2.05, 4.69) is 17.2 Å². The van der Waals surface area contributed by atoms with E-state index in [1.165, 1.54) is 24.1 Å². The van der Waals surface area contributed by atoms with Gasteiger partial charge in [0.15, 0.2) is 0 Å². The van der Waals surface area contributed by atoms with E-state index < -0.39 is 0 Å². The zero-order chi connectivity index (χ0) is 18.0. The van der Waals surface area contributed by atoms with E-state index in [-0.39, 0.29) is 23.8 Å². The van der Waals surface area contributed by atoms with Gasteiger partial charge in [0.05, 0.1) is 5.92 Å². The number of likely N-dealkylation sites (tertiary alicyclic amines) is 1. The molecule has 6 heteroatoms. The average molecular weight is 344 g/mol. The Hall–Kier alpha value is -1.98. The summed E-state index contributed by atoms with van der Waals surface area (Å²) < 4.78 is 0. The lowest BCUT2D eigenvalue weighted by molar-refractivity contribution is -0.129. The first-order chi connectivity index (χ1) is 12.0. The third-order valence-electron chi connectivity index (χ3n) is 5.24. The first-order valence-electron chi connectivity index (χ1n) is 9.38. The van der Waals surface area contributed by atoms with Gasteiger partial charge in [-0.3, -0.25) is 9.59 Å². The van der Waals surface area contributed by atoms with Crippen LogP contribution in [0.25, 0.3) is 0 Å². The fourth-order valence-corrected chi connectivity index (χ4v) is 3.80. The molecule has 6 nitrogen and oxygen atoms in total. The van der Waals surface area contributed by atoms with E-state index in [0.29, 0.717) is 25.9 Å². The lowest BCUT2D eigenvalue weighted by atomic mass is 9.95. The van der Waals surface area contributed by atoms with Gasteiger partial charge in [-0.05, 0) is 52.0 Å². The van der Waals surface area contributed by atoms with Crippen molar-refractivity contribution in [2.75, 3.05) is 13.1 Å². The molecule has 0 unspecified atom stereocenters. The minimum Gasteiger partial charge on any atom is -0.355 e. The summed E-state index contributed by atoms with van der Waals surface area (Å²) in [6.07, 6.45) is 5.49. The van der Waals surface area contributed by atoms with Gasteiger partial charge >= 0.3 is 0 Å².